The van der Waals surface area contributed by atoms with Crippen molar-refractivity contribution in [1.29, 1.82) is 10.8 Å². The summed E-state index contributed by atoms with van der Waals surface area (Å²) in [6, 6.07) is -7.96. The lowest BCUT2D eigenvalue weighted by Crippen LogP contribution is -2.62. The summed E-state index contributed by atoms with van der Waals surface area (Å²) in [5, 5.41) is 104. The van der Waals surface area contributed by atoms with Crippen molar-refractivity contribution in [2.24, 2.45) is 40.7 Å². The first-order chi connectivity index (χ1) is 58.9. The van der Waals surface area contributed by atoms with Gasteiger partial charge in [0.1, 0.15) is 84.3 Å². The molecule has 5 unspecified atom stereocenters. The minimum atomic E-state index is -1.93. The van der Waals surface area contributed by atoms with E-state index in [2.05, 4.69) is 110 Å². The SMILES string of the molecule is CC[C@H](C)[C@H](NC(=O)[C@H](CCCNC(=N)N)N1C(=O)[C@@H](N)CC1C)C(=O)N[C@H](C(=O)NC(CCC(N)=O)C(=O)N[C@@H](CS)C(=O)NC(CCCNC(=N)N)C(=O)NC(CO)C(=O)N[C@H](C(=O)NC(CCC(=O)O)C(=O)NCC(=O)N[C@@H](CO)C(=O)N[C@@H](CS)C(=O)NCC(=O)N[C@@H](Cc1ccccc1)C(=O)N[C@@H](Cc1ccc(O)cc1)C(=O)O)C(C)C)C(C)C. The van der Waals surface area contributed by atoms with E-state index >= 15 is 0 Å². The molecule has 0 saturated carbocycles. The number of hydrogen-bond donors (Lipinski definition) is 29. The maximum Gasteiger partial charge on any atom is 0.326 e. The number of aromatic hydroxyl groups is 1. The fraction of sp³-hybridized carbons (Fsp3) is 0.584. The number of aliphatic carboxylic acids is 2. The van der Waals surface area contributed by atoms with Gasteiger partial charge in [0.2, 0.25) is 94.5 Å². The van der Waals surface area contributed by atoms with Crippen LogP contribution in [-0.4, -0.2) is 290 Å². The third-order valence-corrected chi connectivity index (χ3v) is 20.5. The Hall–Kier alpha value is -12.2. The standard InChI is InChI=1S/C77H121N23O23S2/c1-8-39(6)61(99-70(117)54(17-13-27-85-77(82)83)100-40(7)28-44(78)74(100)121)73(120)98-60(38(4)5)72(119)92-47(22-24-55(79)104)65(112)96-53(36-125)69(116)90-45(16-12-26-84-76(80)81)64(111)94-51(34-102)68(115)97-59(37(2)3)71(118)91-46(23-25-58(107)108)62(109)86-32-57(106)89-50(33-101)67(114)95-52(35-124)63(110)87-31-56(105)88-48(29-41-14-10-9-11-15-41)66(113)93-49(75(122)123)30-42-18-20-43(103)21-19-42/h9-11,14-15,18-21,37-40,44-54,59-61,101-103,124-125H,8,12-13,16-17,22-36,78H2,1-7H3,(H2,79,104)(H,86,109)(H,87,110)(H,88,105)(H,89,106)(H,90,116)(H,91,118)(H,92,119)(H,93,113)(H,94,111)(H,95,114)(H,96,112)(H,97,115)(H,98,120)(H,99,117)(H,107,108)(H,122,123)(H4,80,81,84)(H4,82,83,85)/t39-,40?,44-,45?,46?,47?,48-,49-,50-,51?,52-,53-,54-,59-,60-,61-/m0/s1. The van der Waals surface area contributed by atoms with Gasteiger partial charge in [-0.1, -0.05) is 90.4 Å². The number of hydrogen-bond acceptors (Lipinski definition) is 26. The van der Waals surface area contributed by atoms with Crippen LogP contribution in [0.5, 0.6) is 5.75 Å². The highest BCUT2D eigenvalue weighted by Crippen LogP contribution is 2.25. The van der Waals surface area contributed by atoms with Crippen molar-refractivity contribution in [2.45, 2.75) is 216 Å². The van der Waals surface area contributed by atoms with Gasteiger partial charge in [-0.05, 0) is 92.9 Å². The highest BCUT2D eigenvalue weighted by atomic mass is 32.1. The molecule has 46 nitrogen and oxygen atoms in total. The average molecular weight is 1800 g/mol. The first-order valence-electron chi connectivity index (χ1n) is 40.3. The Balaban J connectivity index is 1.75. The number of primary amides is 1. The third kappa shape index (κ3) is 37.4. The Bertz CT molecular complexity index is 4080. The number of rotatable bonds is 56. The fourth-order valence-electron chi connectivity index (χ4n) is 12.6. The number of thiol groups is 2. The van der Waals surface area contributed by atoms with Crippen LogP contribution in [-0.2, 0) is 99.1 Å². The number of likely N-dealkylation sites (tertiary alicyclic amines) is 1. The second-order valence-corrected chi connectivity index (χ2v) is 31.2. The summed E-state index contributed by atoms with van der Waals surface area (Å²) in [4.78, 5) is 245. The minimum absolute atomic E-state index is 0.0394. The van der Waals surface area contributed by atoms with E-state index in [1.165, 1.54) is 43.0 Å². The predicted octanol–water partition coefficient (Wildman–Crippen LogP) is -8.51. The van der Waals surface area contributed by atoms with Crippen molar-refractivity contribution < 1.29 is 112 Å². The molecule has 1 saturated heterocycles. The van der Waals surface area contributed by atoms with Gasteiger partial charge >= 0.3 is 11.9 Å². The molecule has 0 bridgehead atoms. The number of carboxylic acid groups (broad SMARTS) is 2. The summed E-state index contributed by atoms with van der Waals surface area (Å²) in [5.41, 5.74) is 23.5. The first kappa shape index (κ1) is 107. The topological polar surface area (TPSA) is 756 Å². The summed E-state index contributed by atoms with van der Waals surface area (Å²) in [6.07, 6.45) is -2.17. The largest absolute Gasteiger partial charge is 0.508 e. The number of amides is 16. The predicted molar refractivity (Wildman–Crippen MR) is 456 cm³/mol. The number of benzene rings is 2. The van der Waals surface area contributed by atoms with Crippen LogP contribution in [0.1, 0.15) is 124 Å². The molecular weight excluding hydrogens is 1680 g/mol. The smallest absolute Gasteiger partial charge is 0.326 e. The number of phenols is 1. The maximum atomic E-state index is 14.4. The number of nitrogens with one attached hydrogen (secondary N) is 18. The van der Waals surface area contributed by atoms with Crippen LogP contribution in [0.15, 0.2) is 54.6 Å². The van der Waals surface area contributed by atoms with Gasteiger partial charge in [-0.25, -0.2) is 4.79 Å². The zero-order valence-corrected chi connectivity index (χ0v) is 72.3. The molecule has 694 valence electrons. The van der Waals surface area contributed by atoms with Crippen LogP contribution >= 0.6 is 25.3 Å². The van der Waals surface area contributed by atoms with E-state index in [1.54, 1.807) is 65.0 Å². The number of carbonyl (C=O) groups is 18. The molecule has 3 rings (SSSR count). The maximum absolute atomic E-state index is 14.4. The quantitative estimate of drug-likeness (QED) is 0.0127. The van der Waals surface area contributed by atoms with Crippen molar-refractivity contribution >= 4 is 144 Å². The number of phenolic OH excluding ortho intramolecular Hbond substituents is 1. The number of nitrogens with zero attached hydrogens (tertiary/aromatic N) is 1. The van der Waals surface area contributed by atoms with Gasteiger partial charge in [-0.2, -0.15) is 25.3 Å². The van der Waals surface area contributed by atoms with E-state index in [4.69, 9.17) is 33.8 Å². The van der Waals surface area contributed by atoms with E-state index in [-0.39, 0.29) is 69.7 Å². The lowest BCUT2D eigenvalue weighted by atomic mass is 9.95. The Kier molecular flexibility index (Phi) is 46.6. The van der Waals surface area contributed by atoms with Crippen molar-refractivity contribution in [3.63, 3.8) is 0 Å². The number of aliphatic hydroxyl groups excluding tert-OH is 2. The molecule has 125 heavy (non-hydrogen) atoms. The second kappa shape index (κ2) is 54.4. The number of carbonyl (C=O) groups excluding carboxylic acids is 16. The normalized spacial score (nSPS) is 16.3. The van der Waals surface area contributed by atoms with Crippen LogP contribution < -0.4 is 108 Å². The van der Waals surface area contributed by atoms with E-state index in [9.17, 15) is 112 Å². The van der Waals surface area contributed by atoms with Crippen LogP contribution in [0.4, 0.5) is 0 Å². The Morgan fingerprint density at radius 3 is 1.32 bits per heavy atom. The summed E-state index contributed by atoms with van der Waals surface area (Å²) in [7, 11) is 0. The van der Waals surface area contributed by atoms with Crippen LogP contribution in [0.3, 0.4) is 0 Å². The number of aliphatic hydroxyl groups is 2. The molecule has 0 radical (unpaired) electrons. The second-order valence-electron chi connectivity index (χ2n) is 30.4. The molecule has 16 amide bonds. The molecule has 1 heterocycles. The number of guanidine groups is 2. The molecule has 0 aromatic heterocycles. The molecule has 1 aliphatic heterocycles. The lowest BCUT2D eigenvalue weighted by molar-refractivity contribution is -0.142. The molecule has 1 aliphatic rings. The first-order valence-corrected chi connectivity index (χ1v) is 41.6. The van der Waals surface area contributed by atoms with E-state index < -0.39 is 284 Å². The van der Waals surface area contributed by atoms with Crippen LogP contribution in [0.2, 0.25) is 0 Å². The van der Waals surface area contributed by atoms with Crippen LogP contribution in [0.25, 0.3) is 0 Å². The summed E-state index contributed by atoms with van der Waals surface area (Å²) >= 11 is 8.34. The zero-order chi connectivity index (χ0) is 94.1. The summed E-state index contributed by atoms with van der Waals surface area (Å²) in [6.45, 7) is 7.10. The van der Waals surface area contributed by atoms with Gasteiger partial charge < -0.3 is 138 Å². The van der Waals surface area contributed by atoms with Crippen molar-refractivity contribution in [3.8, 4) is 5.75 Å². The summed E-state index contributed by atoms with van der Waals surface area (Å²) in [5.74, 6) is -22.9. The van der Waals surface area contributed by atoms with Gasteiger partial charge in [-0.3, -0.25) is 92.3 Å². The van der Waals surface area contributed by atoms with E-state index in [0.29, 0.717) is 17.5 Å². The molecule has 0 spiro atoms. The lowest BCUT2D eigenvalue weighted by Gasteiger charge is -2.34. The third-order valence-electron chi connectivity index (χ3n) is 19.8. The van der Waals surface area contributed by atoms with E-state index in [0.717, 1.165) is 0 Å². The molecule has 0 aliphatic carbocycles. The highest BCUT2D eigenvalue weighted by Gasteiger charge is 2.44. The molecule has 16 atom stereocenters. The molecule has 1 fully saturated rings. The molecule has 2 aromatic rings. The van der Waals surface area contributed by atoms with Gasteiger partial charge in [-0.15, -0.1) is 0 Å². The Morgan fingerprint density at radius 2 is 0.848 bits per heavy atom. The Morgan fingerprint density at radius 1 is 0.464 bits per heavy atom. The van der Waals surface area contributed by atoms with Gasteiger partial charge in [0.25, 0.3) is 0 Å². The van der Waals surface area contributed by atoms with Crippen LogP contribution in [0, 0.1) is 28.6 Å². The highest BCUT2D eigenvalue weighted by molar-refractivity contribution is 7.80. The average Bonchev–Trinajstić information content (AvgIpc) is 1.66. The molecular formula is C77H121N23O23S2. The molecule has 2 aromatic carbocycles. The van der Waals surface area contributed by atoms with Gasteiger partial charge in [0, 0.05) is 56.3 Å². The van der Waals surface area contributed by atoms with Gasteiger partial charge in [0.15, 0.2) is 11.9 Å². The molecule has 48 heteroatoms. The zero-order valence-electron chi connectivity index (χ0n) is 70.5. The number of carboxylic acids is 2. The van der Waals surface area contributed by atoms with Crippen molar-refractivity contribution in [1.82, 2.24) is 90.0 Å². The van der Waals surface area contributed by atoms with Crippen molar-refractivity contribution in [2.75, 3.05) is 50.9 Å². The van der Waals surface area contributed by atoms with E-state index in [1.807, 2.05) is 0 Å². The summed E-state index contributed by atoms with van der Waals surface area (Å²) < 4.78 is 0. The van der Waals surface area contributed by atoms with Gasteiger partial charge in [0.05, 0.1) is 32.3 Å². The Labute approximate surface area is 732 Å². The molecule has 31 N–H and O–H groups in total. The monoisotopic (exact) mass is 1800 g/mol. The fourth-order valence-corrected chi connectivity index (χ4v) is 13.1. The number of nitrogens with two attached hydrogens (primary N) is 4. The van der Waals surface area contributed by atoms with Crippen molar-refractivity contribution in [3.05, 3.63) is 65.7 Å². The minimum Gasteiger partial charge on any atom is -0.508 e.